The molecule has 0 aliphatic heterocycles. The van der Waals surface area contributed by atoms with Gasteiger partial charge in [-0.2, -0.15) is 0 Å². The number of carbonyl (C=O) groups excluding carboxylic acids is 2. The van der Waals surface area contributed by atoms with Gasteiger partial charge in [-0.1, -0.05) is 43.6 Å². The van der Waals surface area contributed by atoms with Gasteiger partial charge in [0.05, 0.1) is 12.1 Å². The number of fused-ring (bicyclic) bond motifs is 1. The van der Waals surface area contributed by atoms with E-state index < -0.39 is 18.0 Å². The molecule has 7 heteroatoms. The fourth-order valence-electron chi connectivity index (χ4n) is 2.97. The summed E-state index contributed by atoms with van der Waals surface area (Å²) in [6.07, 6.45) is -0.820. The molecule has 2 aromatic carbocycles. The molecule has 3 aromatic rings. The third-order valence-electron chi connectivity index (χ3n) is 4.48. The van der Waals surface area contributed by atoms with Crippen molar-refractivity contribution in [3.63, 3.8) is 0 Å². The lowest BCUT2D eigenvalue weighted by molar-refractivity contribution is -0.123. The molecule has 152 valence electrons. The molecule has 0 saturated heterocycles. The first-order valence-electron chi connectivity index (χ1n) is 9.36. The predicted molar refractivity (Wildman–Crippen MR) is 112 cm³/mol. The summed E-state index contributed by atoms with van der Waals surface area (Å²) in [4.78, 5) is 24.7. The molecule has 0 aliphatic rings. The lowest BCUT2D eigenvalue weighted by atomic mass is 10.0. The highest BCUT2D eigenvalue weighted by molar-refractivity contribution is 6.31. The van der Waals surface area contributed by atoms with Crippen molar-refractivity contribution in [1.82, 2.24) is 10.6 Å². The lowest BCUT2D eigenvalue weighted by Crippen LogP contribution is -2.50. The van der Waals surface area contributed by atoms with Crippen molar-refractivity contribution in [3.8, 4) is 5.75 Å². The molecule has 6 nitrogen and oxygen atoms in total. The van der Waals surface area contributed by atoms with Crippen LogP contribution in [0.15, 0.2) is 59.0 Å². The van der Waals surface area contributed by atoms with Crippen molar-refractivity contribution in [1.29, 1.82) is 0 Å². The van der Waals surface area contributed by atoms with Gasteiger partial charge in [-0.05, 0) is 49.2 Å². The third-order valence-corrected chi connectivity index (χ3v) is 4.72. The number of ether oxygens (including phenoxy) is 1. The number of furan rings is 1. The number of amides is 2. The van der Waals surface area contributed by atoms with Crippen LogP contribution in [0.25, 0.3) is 11.0 Å². The molecule has 29 heavy (non-hydrogen) atoms. The standard InChI is InChI=1S/C22H23ClN2O4/c1-13(2)20(21(26)25-22(27)28-17-7-5-4-6-8-17)24-14(3)19-12-15-11-16(23)9-10-18(15)29-19/h4-14,20,24H,1-3H3,(H,25,26,27)/t14?,20-/m0/s1. The van der Waals surface area contributed by atoms with E-state index in [1.807, 2.05) is 39.0 Å². The molecule has 1 heterocycles. The van der Waals surface area contributed by atoms with E-state index in [-0.39, 0.29) is 12.0 Å². The van der Waals surface area contributed by atoms with Gasteiger partial charge in [-0.25, -0.2) is 4.79 Å². The molecule has 0 bridgehead atoms. The van der Waals surface area contributed by atoms with Gasteiger partial charge in [0.1, 0.15) is 17.1 Å². The minimum atomic E-state index is -0.820. The van der Waals surface area contributed by atoms with Crippen molar-refractivity contribution in [2.75, 3.05) is 0 Å². The highest BCUT2D eigenvalue weighted by Crippen LogP contribution is 2.27. The van der Waals surface area contributed by atoms with Crippen LogP contribution in [0.3, 0.4) is 0 Å². The zero-order valence-electron chi connectivity index (χ0n) is 16.4. The fraction of sp³-hybridized carbons (Fsp3) is 0.273. The fourth-order valence-corrected chi connectivity index (χ4v) is 3.15. The van der Waals surface area contributed by atoms with E-state index in [0.717, 1.165) is 11.0 Å². The Morgan fingerprint density at radius 2 is 1.76 bits per heavy atom. The molecule has 1 unspecified atom stereocenters. The van der Waals surface area contributed by atoms with Gasteiger partial charge in [0.15, 0.2) is 0 Å². The zero-order chi connectivity index (χ0) is 21.0. The Kier molecular flexibility index (Phi) is 6.56. The van der Waals surface area contributed by atoms with Crippen LogP contribution >= 0.6 is 11.6 Å². The summed E-state index contributed by atoms with van der Waals surface area (Å²) in [6.45, 7) is 5.68. The average molecular weight is 415 g/mol. The Labute approximate surface area is 174 Å². The van der Waals surface area contributed by atoms with Gasteiger partial charge in [0.2, 0.25) is 5.91 Å². The Morgan fingerprint density at radius 3 is 2.45 bits per heavy atom. The maximum Gasteiger partial charge on any atom is 0.419 e. The second kappa shape index (κ2) is 9.11. The van der Waals surface area contributed by atoms with Crippen molar-refractivity contribution in [2.24, 2.45) is 5.92 Å². The van der Waals surface area contributed by atoms with Crippen LogP contribution in [0, 0.1) is 5.92 Å². The molecule has 3 rings (SSSR count). The van der Waals surface area contributed by atoms with E-state index in [9.17, 15) is 9.59 Å². The van der Waals surface area contributed by atoms with Crippen LogP contribution in [0.2, 0.25) is 5.02 Å². The number of rotatable bonds is 6. The van der Waals surface area contributed by atoms with Crippen LogP contribution in [-0.2, 0) is 4.79 Å². The van der Waals surface area contributed by atoms with Gasteiger partial charge < -0.3 is 9.15 Å². The summed E-state index contributed by atoms with van der Waals surface area (Å²) in [7, 11) is 0. The lowest BCUT2D eigenvalue weighted by Gasteiger charge is -2.24. The molecule has 2 atom stereocenters. The van der Waals surface area contributed by atoms with Crippen molar-refractivity contribution in [2.45, 2.75) is 32.9 Å². The first-order chi connectivity index (χ1) is 13.8. The molecule has 0 saturated carbocycles. The predicted octanol–water partition coefficient (Wildman–Crippen LogP) is 5.08. The minimum Gasteiger partial charge on any atom is -0.459 e. The maximum atomic E-state index is 12.6. The van der Waals surface area contributed by atoms with Crippen molar-refractivity contribution in [3.05, 3.63) is 65.4 Å². The van der Waals surface area contributed by atoms with E-state index in [1.165, 1.54) is 0 Å². The molecule has 2 N–H and O–H groups in total. The van der Waals surface area contributed by atoms with Crippen LogP contribution in [0.5, 0.6) is 5.75 Å². The smallest absolute Gasteiger partial charge is 0.419 e. The third kappa shape index (κ3) is 5.37. The largest absolute Gasteiger partial charge is 0.459 e. The van der Waals surface area contributed by atoms with E-state index in [0.29, 0.717) is 16.5 Å². The first-order valence-corrected chi connectivity index (χ1v) is 9.74. The number of halogens is 1. The quantitative estimate of drug-likeness (QED) is 0.588. The van der Waals surface area contributed by atoms with Crippen molar-refractivity contribution >= 4 is 34.6 Å². The molecule has 0 fully saturated rings. The number of hydrogen-bond donors (Lipinski definition) is 2. The Bertz CT molecular complexity index is 1000. The summed E-state index contributed by atoms with van der Waals surface area (Å²) >= 11 is 6.03. The molecule has 2 amide bonds. The van der Waals surface area contributed by atoms with Crippen LogP contribution in [0.1, 0.15) is 32.6 Å². The summed E-state index contributed by atoms with van der Waals surface area (Å²) < 4.78 is 11.0. The Morgan fingerprint density at radius 1 is 1.03 bits per heavy atom. The Balaban J connectivity index is 1.66. The normalized spacial score (nSPS) is 13.3. The van der Waals surface area contributed by atoms with Gasteiger partial charge in [0, 0.05) is 10.4 Å². The molecule has 1 aromatic heterocycles. The molecule has 0 radical (unpaired) electrons. The highest BCUT2D eigenvalue weighted by Gasteiger charge is 2.27. The van der Waals surface area contributed by atoms with E-state index in [1.54, 1.807) is 36.4 Å². The SMILES string of the molecule is CC(N[C@H](C(=O)NC(=O)Oc1ccccc1)C(C)C)c1cc2cc(Cl)ccc2o1. The average Bonchev–Trinajstić information content (AvgIpc) is 3.09. The zero-order valence-corrected chi connectivity index (χ0v) is 17.2. The summed E-state index contributed by atoms with van der Waals surface area (Å²) in [6, 6.07) is 15.0. The second-order valence-corrected chi connectivity index (χ2v) is 7.57. The minimum absolute atomic E-state index is 0.0687. The Hall–Kier alpha value is -2.83. The van der Waals surface area contributed by atoms with Gasteiger partial charge in [0.25, 0.3) is 0 Å². The molecule has 0 spiro atoms. The van der Waals surface area contributed by atoms with Gasteiger partial charge in [-0.3, -0.25) is 15.4 Å². The number of imide groups is 1. The van der Waals surface area contributed by atoms with Crippen LogP contribution in [-0.4, -0.2) is 18.0 Å². The number of carbonyl (C=O) groups is 2. The number of nitrogens with one attached hydrogen (secondary N) is 2. The molecular formula is C22H23ClN2O4. The second-order valence-electron chi connectivity index (χ2n) is 7.13. The maximum absolute atomic E-state index is 12.6. The summed E-state index contributed by atoms with van der Waals surface area (Å²) in [5, 5.41) is 7.03. The number of benzene rings is 2. The molecule has 0 aliphatic carbocycles. The van der Waals surface area contributed by atoms with E-state index in [4.69, 9.17) is 20.8 Å². The monoisotopic (exact) mass is 414 g/mol. The van der Waals surface area contributed by atoms with E-state index in [2.05, 4.69) is 10.6 Å². The number of hydrogen-bond acceptors (Lipinski definition) is 5. The summed E-state index contributed by atoms with van der Waals surface area (Å²) in [5.41, 5.74) is 0.718. The number of para-hydroxylation sites is 1. The summed E-state index contributed by atoms with van der Waals surface area (Å²) in [5.74, 6) is 0.501. The first kappa shape index (κ1) is 20.9. The van der Waals surface area contributed by atoms with E-state index >= 15 is 0 Å². The topological polar surface area (TPSA) is 80.6 Å². The van der Waals surface area contributed by atoms with Crippen LogP contribution in [0.4, 0.5) is 4.79 Å². The molecular weight excluding hydrogens is 392 g/mol. The van der Waals surface area contributed by atoms with Gasteiger partial charge >= 0.3 is 6.09 Å². The van der Waals surface area contributed by atoms with Gasteiger partial charge in [-0.15, -0.1) is 0 Å². The highest BCUT2D eigenvalue weighted by atomic mass is 35.5. The van der Waals surface area contributed by atoms with Crippen LogP contribution < -0.4 is 15.4 Å². The van der Waals surface area contributed by atoms with Crippen molar-refractivity contribution < 1.29 is 18.7 Å².